The SMILES string of the molecule is CCOC(=O)c1sc(-c2ccccc2)c(C)c1C=O. The van der Waals surface area contributed by atoms with Crippen molar-refractivity contribution in [3.8, 4) is 10.4 Å². The van der Waals surface area contributed by atoms with E-state index in [9.17, 15) is 9.59 Å². The molecule has 0 bridgehead atoms. The molecular weight excluding hydrogens is 260 g/mol. The number of hydrogen-bond acceptors (Lipinski definition) is 4. The van der Waals surface area contributed by atoms with E-state index in [2.05, 4.69) is 0 Å². The lowest BCUT2D eigenvalue weighted by Crippen LogP contribution is -2.05. The summed E-state index contributed by atoms with van der Waals surface area (Å²) in [4.78, 5) is 24.4. The van der Waals surface area contributed by atoms with Gasteiger partial charge in [-0.2, -0.15) is 0 Å². The van der Waals surface area contributed by atoms with Gasteiger partial charge in [0.15, 0.2) is 6.29 Å². The van der Waals surface area contributed by atoms with Crippen LogP contribution < -0.4 is 0 Å². The average Bonchev–Trinajstić information content (AvgIpc) is 2.77. The van der Waals surface area contributed by atoms with Crippen LogP contribution in [0.1, 0.15) is 32.5 Å². The summed E-state index contributed by atoms with van der Waals surface area (Å²) >= 11 is 1.31. The smallest absolute Gasteiger partial charge is 0.349 e. The van der Waals surface area contributed by atoms with Gasteiger partial charge in [-0.3, -0.25) is 4.79 Å². The first-order valence-corrected chi connectivity index (χ1v) is 6.81. The number of ether oxygens (including phenoxy) is 1. The van der Waals surface area contributed by atoms with E-state index in [1.54, 1.807) is 6.92 Å². The van der Waals surface area contributed by atoms with Gasteiger partial charge in [-0.05, 0) is 25.0 Å². The van der Waals surface area contributed by atoms with E-state index in [-0.39, 0.29) is 0 Å². The van der Waals surface area contributed by atoms with Crippen LogP contribution in [0.25, 0.3) is 10.4 Å². The summed E-state index contributed by atoms with van der Waals surface area (Å²) in [6.07, 6.45) is 0.727. The minimum absolute atomic E-state index is 0.300. The molecule has 3 nitrogen and oxygen atoms in total. The van der Waals surface area contributed by atoms with Gasteiger partial charge in [0.2, 0.25) is 0 Å². The van der Waals surface area contributed by atoms with Gasteiger partial charge >= 0.3 is 5.97 Å². The summed E-state index contributed by atoms with van der Waals surface area (Å²) in [6.45, 7) is 3.90. The Kier molecular flexibility index (Phi) is 4.12. The molecule has 2 rings (SSSR count). The molecule has 98 valence electrons. The number of esters is 1. The van der Waals surface area contributed by atoms with Gasteiger partial charge in [-0.25, -0.2) is 4.79 Å². The highest BCUT2D eigenvalue weighted by molar-refractivity contribution is 7.18. The van der Waals surface area contributed by atoms with Crippen molar-refractivity contribution in [2.75, 3.05) is 6.61 Å². The van der Waals surface area contributed by atoms with Gasteiger partial charge in [0, 0.05) is 10.4 Å². The first-order valence-electron chi connectivity index (χ1n) is 6.00. The van der Waals surface area contributed by atoms with Gasteiger partial charge in [0.25, 0.3) is 0 Å². The number of thiophene rings is 1. The fraction of sp³-hybridized carbons (Fsp3) is 0.200. The standard InChI is InChI=1S/C15H14O3S/c1-3-18-15(17)14-12(9-16)10(2)13(19-14)11-7-5-4-6-8-11/h4-9H,3H2,1-2H3. The fourth-order valence-electron chi connectivity index (χ4n) is 1.88. The maximum Gasteiger partial charge on any atom is 0.349 e. The van der Waals surface area contributed by atoms with E-state index in [0.717, 1.165) is 22.3 Å². The van der Waals surface area contributed by atoms with E-state index in [1.165, 1.54) is 11.3 Å². The molecule has 2 aromatic rings. The molecule has 0 saturated heterocycles. The van der Waals surface area contributed by atoms with Crippen LogP contribution in [0.5, 0.6) is 0 Å². The molecule has 0 aliphatic heterocycles. The molecule has 0 atom stereocenters. The summed E-state index contributed by atoms with van der Waals surface area (Å²) in [5.41, 5.74) is 2.26. The van der Waals surface area contributed by atoms with Crippen LogP contribution in [0, 0.1) is 6.92 Å². The topological polar surface area (TPSA) is 43.4 Å². The van der Waals surface area contributed by atoms with Crippen molar-refractivity contribution >= 4 is 23.6 Å². The Morgan fingerprint density at radius 1 is 1.32 bits per heavy atom. The minimum Gasteiger partial charge on any atom is -0.462 e. The highest BCUT2D eigenvalue weighted by Crippen LogP contribution is 2.35. The van der Waals surface area contributed by atoms with Crippen molar-refractivity contribution in [3.63, 3.8) is 0 Å². The number of benzene rings is 1. The second-order valence-electron chi connectivity index (χ2n) is 4.00. The second kappa shape index (κ2) is 5.80. The molecule has 0 aliphatic carbocycles. The van der Waals surface area contributed by atoms with Crippen LogP contribution in [0.4, 0.5) is 0 Å². The number of rotatable bonds is 4. The van der Waals surface area contributed by atoms with E-state index in [4.69, 9.17) is 4.74 Å². The van der Waals surface area contributed by atoms with E-state index in [0.29, 0.717) is 17.0 Å². The molecule has 0 N–H and O–H groups in total. The lowest BCUT2D eigenvalue weighted by Gasteiger charge is -1.98. The number of hydrogen-bond donors (Lipinski definition) is 0. The zero-order valence-corrected chi connectivity index (χ0v) is 11.6. The number of carbonyl (C=O) groups is 2. The van der Waals surface area contributed by atoms with Crippen molar-refractivity contribution in [1.82, 2.24) is 0 Å². The second-order valence-corrected chi connectivity index (χ2v) is 5.02. The molecule has 1 aromatic carbocycles. The van der Waals surface area contributed by atoms with Gasteiger partial charge in [-0.15, -0.1) is 11.3 Å². The van der Waals surface area contributed by atoms with Crippen LogP contribution in [0.15, 0.2) is 30.3 Å². The zero-order chi connectivity index (χ0) is 13.8. The van der Waals surface area contributed by atoms with Crippen LogP contribution in [-0.4, -0.2) is 18.9 Å². The Morgan fingerprint density at radius 3 is 2.58 bits per heavy atom. The maximum absolute atomic E-state index is 11.9. The minimum atomic E-state index is -0.431. The van der Waals surface area contributed by atoms with Gasteiger partial charge in [0.1, 0.15) is 4.88 Å². The van der Waals surface area contributed by atoms with Crippen LogP contribution in [-0.2, 0) is 4.74 Å². The molecule has 0 fully saturated rings. The van der Waals surface area contributed by atoms with Crippen molar-refractivity contribution in [1.29, 1.82) is 0 Å². The Labute approximate surface area is 115 Å². The van der Waals surface area contributed by atoms with E-state index < -0.39 is 5.97 Å². The average molecular weight is 274 g/mol. The predicted octanol–water partition coefficient (Wildman–Crippen LogP) is 3.71. The predicted molar refractivity (Wildman–Crippen MR) is 75.8 cm³/mol. The summed E-state index contributed by atoms with van der Waals surface area (Å²) < 4.78 is 4.99. The summed E-state index contributed by atoms with van der Waals surface area (Å²) in [7, 11) is 0. The molecule has 1 heterocycles. The van der Waals surface area contributed by atoms with Crippen LogP contribution in [0.3, 0.4) is 0 Å². The normalized spacial score (nSPS) is 10.2. The van der Waals surface area contributed by atoms with Gasteiger partial charge < -0.3 is 4.74 Å². The first-order chi connectivity index (χ1) is 9.19. The Morgan fingerprint density at radius 2 is 2.00 bits per heavy atom. The number of aldehydes is 1. The first kappa shape index (κ1) is 13.5. The maximum atomic E-state index is 11.9. The van der Waals surface area contributed by atoms with E-state index in [1.807, 2.05) is 37.3 Å². The quantitative estimate of drug-likeness (QED) is 0.630. The Hall–Kier alpha value is -1.94. The molecule has 0 radical (unpaired) electrons. The molecule has 0 amide bonds. The molecule has 0 saturated carbocycles. The zero-order valence-electron chi connectivity index (χ0n) is 10.8. The molecule has 1 aromatic heterocycles. The molecule has 0 aliphatic rings. The third kappa shape index (κ3) is 2.58. The summed E-state index contributed by atoms with van der Waals surface area (Å²) in [6, 6.07) is 9.71. The highest BCUT2D eigenvalue weighted by atomic mass is 32.1. The largest absolute Gasteiger partial charge is 0.462 e. The third-order valence-electron chi connectivity index (χ3n) is 2.81. The molecule has 4 heteroatoms. The van der Waals surface area contributed by atoms with Crippen LogP contribution in [0.2, 0.25) is 0 Å². The lowest BCUT2D eigenvalue weighted by molar-refractivity contribution is 0.0530. The third-order valence-corrected chi connectivity index (χ3v) is 4.14. The Bertz CT molecular complexity index is 599. The van der Waals surface area contributed by atoms with E-state index >= 15 is 0 Å². The molecule has 19 heavy (non-hydrogen) atoms. The number of carbonyl (C=O) groups excluding carboxylic acids is 2. The van der Waals surface area contributed by atoms with Gasteiger partial charge in [0.05, 0.1) is 6.61 Å². The summed E-state index contributed by atoms with van der Waals surface area (Å²) in [5.74, 6) is -0.431. The fourth-order valence-corrected chi connectivity index (χ4v) is 3.06. The summed E-state index contributed by atoms with van der Waals surface area (Å²) in [5, 5.41) is 0. The van der Waals surface area contributed by atoms with Crippen molar-refractivity contribution in [3.05, 3.63) is 46.3 Å². The molecular formula is C15H14O3S. The molecule has 0 spiro atoms. The monoisotopic (exact) mass is 274 g/mol. The lowest BCUT2D eigenvalue weighted by atomic mass is 10.1. The van der Waals surface area contributed by atoms with Crippen LogP contribution >= 0.6 is 11.3 Å². The Balaban J connectivity index is 2.53. The van der Waals surface area contributed by atoms with Crippen molar-refractivity contribution < 1.29 is 14.3 Å². The van der Waals surface area contributed by atoms with Crippen molar-refractivity contribution in [2.24, 2.45) is 0 Å². The van der Waals surface area contributed by atoms with Crippen molar-refractivity contribution in [2.45, 2.75) is 13.8 Å². The van der Waals surface area contributed by atoms with Gasteiger partial charge in [-0.1, -0.05) is 30.3 Å². The molecule has 0 unspecified atom stereocenters. The highest BCUT2D eigenvalue weighted by Gasteiger charge is 2.21.